The minimum Gasteiger partial charge on any atom is -0.213 e. The van der Waals surface area contributed by atoms with Gasteiger partial charge in [-0.1, -0.05) is 30.3 Å². The summed E-state index contributed by atoms with van der Waals surface area (Å²) < 4.78 is 25.2. The predicted molar refractivity (Wildman–Crippen MR) is 64.6 cm³/mol. The maximum Gasteiger partial charge on any atom is 0.208 e. The van der Waals surface area contributed by atoms with Crippen molar-refractivity contribution in [2.75, 3.05) is 6.26 Å². The van der Waals surface area contributed by atoms with E-state index in [0.29, 0.717) is 5.92 Å². The zero-order valence-electron chi connectivity index (χ0n) is 9.39. The number of benzene rings is 1. The maximum atomic E-state index is 11.3. The van der Waals surface area contributed by atoms with Crippen LogP contribution < -0.4 is 4.72 Å². The third-order valence-corrected chi connectivity index (χ3v) is 3.59. The molecular weight excluding hydrogens is 222 g/mol. The smallest absolute Gasteiger partial charge is 0.208 e. The van der Waals surface area contributed by atoms with Gasteiger partial charge < -0.3 is 0 Å². The fraction of sp³-hybridized carbons (Fsp3) is 0.500. The van der Waals surface area contributed by atoms with Crippen LogP contribution in [0.1, 0.15) is 18.4 Å². The van der Waals surface area contributed by atoms with E-state index < -0.39 is 10.0 Å². The zero-order valence-corrected chi connectivity index (χ0v) is 10.2. The Morgan fingerprint density at radius 3 is 2.44 bits per heavy atom. The van der Waals surface area contributed by atoms with Gasteiger partial charge in [0, 0.05) is 6.04 Å². The van der Waals surface area contributed by atoms with E-state index in [0.717, 1.165) is 19.3 Å². The minimum atomic E-state index is -3.10. The van der Waals surface area contributed by atoms with E-state index in [4.69, 9.17) is 0 Å². The largest absolute Gasteiger partial charge is 0.213 e. The number of hydrogen-bond acceptors (Lipinski definition) is 2. The monoisotopic (exact) mass is 239 g/mol. The lowest BCUT2D eigenvalue weighted by molar-refractivity contribution is 0.515. The number of sulfonamides is 1. The van der Waals surface area contributed by atoms with Crippen molar-refractivity contribution in [3.63, 3.8) is 0 Å². The van der Waals surface area contributed by atoms with Crippen molar-refractivity contribution in [2.24, 2.45) is 5.92 Å². The molecule has 0 bridgehead atoms. The van der Waals surface area contributed by atoms with Crippen LogP contribution in [0.25, 0.3) is 0 Å². The molecule has 0 amide bonds. The van der Waals surface area contributed by atoms with Crippen LogP contribution in [-0.4, -0.2) is 20.7 Å². The van der Waals surface area contributed by atoms with Crippen LogP contribution in [0.4, 0.5) is 0 Å². The Balaban J connectivity index is 2.04. The number of hydrogen-bond donors (Lipinski definition) is 1. The van der Waals surface area contributed by atoms with Crippen LogP contribution in [0.15, 0.2) is 30.3 Å². The van der Waals surface area contributed by atoms with Gasteiger partial charge in [0.25, 0.3) is 0 Å². The fourth-order valence-corrected chi connectivity index (χ4v) is 2.77. The molecule has 1 aliphatic rings. The molecule has 3 nitrogen and oxygen atoms in total. The Morgan fingerprint density at radius 2 is 1.94 bits per heavy atom. The second-order valence-corrected chi connectivity index (χ2v) is 6.30. The summed E-state index contributed by atoms with van der Waals surface area (Å²) in [5.41, 5.74) is 1.19. The van der Waals surface area contributed by atoms with Crippen molar-refractivity contribution in [3.8, 4) is 0 Å². The van der Waals surface area contributed by atoms with Gasteiger partial charge in [-0.25, -0.2) is 13.1 Å². The topological polar surface area (TPSA) is 46.2 Å². The van der Waals surface area contributed by atoms with E-state index in [1.165, 1.54) is 11.8 Å². The van der Waals surface area contributed by atoms with Gasteiger partial charge in [-0.15, -0.1) is 0 Å². The SMILES string of the molecule is CS(=O)(=O)N[C@H](Cc1ccccc1)C1CC1. The molecule has 1 aromatic rings. The first kappa shape index (κ1) is 11.6. The highest BCUT2D eigenvalue weighted by molar-refractivity contribution is 7.88. The molecule has 1 saturated carbocycles. The second kappa shape index (κ2) is 4.55. The highest BCUT2D eigenvalue weighted by atomic mass is 32.2. The molecule has 1 fully saturated rings. The maximum absolute atomic E-state index is 11.3. The van der Waals surface area contributed by atoms with Gasteiger partial charge in [-0.3, -0.25) is 0 Å². The number of nitrogens with one attached hydrogen (secondary N) is 1. The lowest BCUT2D eigenvalue weighted by Crippen LogP contribution is -2.37. The Kier molecular flexibility index (Phi) is 3.30. The van der Waals surface area contributed by atoms with Crippen LogP contribution in [-0.2, 0) is 16.4 Å². The summed E-state index contributed by atoms with van der Waals surface area (Å²) in [6, 6.07) is 10.1. The Morgan fingerprint density at radius 1 is 1.31 bits per heavy atom. The molecule has 0 aromatic heterocycles. The van der Waals surface area contributed by atoms with E-state index in [9.17, 15) is 8.42 Å². The normalized spacial score (nSPS) is 18.3. The summed E-state index contributed by atoms with van der Waals surface area (Å²) in [4.78, 5) is 0. The molecule has 1 atom stereocenters. The second-order valence-electron chi connectivity index (χ2n) is 4.52. The van der Waals surface area contributed by atoms with Crippen molar-refractivity contribution >= 4 is 10.0 Å². The first-order valence-corrected chi connectivity index (χ1v) is 7.45. The lowest BCUT2D eigenvalue weighted by Gasteiger charge is -2.16. The summed E-state index contributed by atoms with van der Waals surface area (Å²) >= 11 is 0. The van der Waals surface area contributed by atoms with Gasteiger partial charge in [0.05, 0.1) is 6.26 Å². The summed E-state index contributed by atoms with van der Waals surface area (Å²) in [6.07, 6.45) is 4.30. The quantitative estimate of drug-likeness (QED) is 0.847. The van der Waals surface area contributed by atoms with E-state index in [2.05, 4.69) is 4.72 Å². The third kappa shape index (κ3) is 3.61. The average molecular weight is 239 g/mol. The molecule has 0 unspecified atom stereocenters. The standard InChI is InChI=1S/C12H17NO2S/c1-16(14,15)13-12(11-7-8-11)9-10-5-3-2-4-6-10/h2-6,11-13H,7-9H2,1H3/t12-/m1/s1. The zero-order chi connectivity index (χ0) is 11.6. The average Bonchev–Trinajstić information content (AvgIpc) is 2.99. The van der Waals surface area contributed by atoms with Gasteiger partial charge in [0.2, 0.25) is 10.0 Å². The van der Waals surface area contributed by atoms with Crippen LogP contribution in [0.3, 0.4) is 0 Å². The van der Waals surface area contributed by atoms with Crippen molar-refractivity contribution in [3.05, 3.63) is 35.9 Å². The Hall–Kier alpha value is -0.870. The highest BCUT2D eigenvalue weighted by Crippen LogP contribution is 2.34. The fourth-order valence-electron chi connectivity index (χ4n) is 1.95. The molecule has 0 spiro atoms. The summed E-state index contributed by atoms with van der Waals surface area (Å²) in [7, 11) is -3.10. The van der Waals surface area contributed by atoms with Crippen molar-refractivity contribution in [1.82, 2.24) is 4.72 Å². The molecule has 2 rings (SSSR count). The first-order chi connectivity index (χ1) is 7.54. The molecule has 88 valence electrons. The van der Waals surface area contributed by atoms with Crippen LogP contribution in [0.5, 0.6) is 0 Å². The molecule has 1 N–H and O–H groups in total. The molecule has 4 heteroatoms. The molecule has 1 aromatic carbocycles. The molecule has 16 heavy (non-hydrogen) atoms. The van der Waals surface area contributed by atoms with E-state index in [1.807, 2.05) is 30.3 Å². The van der Waals surface area contributed by atoms with Crippen LogP contribution in [0, 0.1) is 5.92 Å². The van der Waals surface area contributed by atoms with E-state index >= 15 is 0 Å². The third-order valence-electron chi connectivity index (χ3n) is 2.85. The van der Waals surface area contributed by atoms with Crippen molar-refractivity contribution in [2.45, 2.75) is 25.3 Å². The number of rotatable bonds is 5. The molecule has 0 radical (unpaired) electrons. The lowest BCUT2D eigenvalue weighted by atomic mass is 10.0. The van der Waals surface area contributed by atoms with Gasteiger partial charge in [0.15, 0.2) is 0 Å². The Labute approximate surface area is 96.9 Å². The van der Waals surface area contributed by atoms with Crippen LogP contribution >= 0.6 is 0 Å². The van der Waals surface area contributed by atoms with Gasteiger partial charge in [-0.2, -0.15) is 0 Å². The molecule has 1 aliphatic carbocycles. The molecule has 0 heterocycles. The molecule has 0 saturated heterocycles. The van der Waals surface area contributed by atoms with Gasteiger partial charge in [-0.05, 0) is 30.7 Å². The Bertz CT molecular complexity index is 437. The summed E-state index contributed by atoms with van der Waals surface area (Å²) in [6.45, 7) is 0. The minimum absolute atomic E-state index is 0.0670. The van der Waals surface area contributed by atoms with E-state index in [1.54, 1.807) is 0 Å². The van der Waals surface area contributed by atoms with Crippen LogP contribution in [0.2, 0.25) is 0 Å². The summed E-state index contributed by atoms with van der Waals surface area (Å²) in [5, 5.41) is 0. The molecular formula is C12H17NO2S. The van der Waals surface area contributed by atoms with Gasteiger partial charge >= 0.3 is 0 Å². The predicted octanol–water partition coefficient (Wildman–Crippen LogP) is 1.56. The highest BCUT2D eigenvalue weighted by Gasteiger charge is 2.32. The van der Waals surface area contributed by atoms with Gasteiger partial charge in [0.1, 0.15) is 0 Å². The van der Waals surface area contributed by atoms with Crippen molar-refractivity contribution in [1.29, 1.82) is 0 Å². The molecule has 0 aliphatic heterocycles. The summed E-state index contributed by atoms with van der Waals surface area (Å²) in [5.74, 6) is 0.523. The van der Waals surface area contributed by atoms with Crippen molar-refractivity contribution < 1.29 is 8.42 Å². The first-order valence-electron chi connectivity index (χ1n) is 5.56. The van der Waals surface area contributed by atoms with E-state index in [-0.39, 0.29) is 6.04 Å².